The van der Waals surface area contributed by atoms with Gasteiger partial charge >= 0.3 is 5.97 Å². The molecule has 0 aliphatic heterocycles. The normalized spacial score (nSPS) is 10.2. The average molecular weight is 259 g/mol. The standard InChI is InChI=1S/C14H17N3O2/c1-16(11-14(18)19-2)13-8-15-17(10-13)9-12-6-4-3-5-7-12/h3-8,10H,9,11H2,1-2H3. The van der Waals surface area contributed by atoms with Gasteiger partial charge in [0.1, 0.15) is 6.54 Å². The second kappa shape index (κ2) is 6.04. The fourth-order valence-electron chi connectivity index (χ4n) is 1.76. The Balaban J connectivity index is 2.01. The first-order valence-corrected chi connectivity index (χ1v) is 6.03. The summed E-state index contributed by atoms with van der Waals surface area (Å²) in [6, 6.07) is 10.1. The highest BCUT2D eigenvalue weighted by atomic mass is 16.5. The van der Waals surface area contributed by atoms with E-state index in [-0.39, 0.29) is 12.5 Å². The lowest BCUT2D eigenvalue weighted by Crippen LogP contribution is -2.25. The van der Waals surface area contributed by atoms with Crippen molar-refractivity contribution in [1.82, 2.24) is 9.78 Å². The van der Waals surface area contributed by atoms with Crippen LogP contribution in [0.4, 0.5) is 5.69 Å². The summed E-state index contributed by atoms with van der Waals surface area (Å²) in [5.41, 5.74) is 2.08. The molecule has 0 fully saturated rings. The van der Waals surface area contributed by atoms with E-state index in [1.165, 1.54) is 12.7 Å². The molecule has 0 bridgehead atoms. The van der Waals surface area contributed by atoms with E-state index in [0.29, 0.717) is 6.54 Å². The van der Waals surface area contributed by atoms with Crippen LogP contribution in [0.2, 0.25) is 0 Å². The molecule has 0 radical (unpaired) electrons. The van der Waals surface area contributed by atoms with E-state index in [0.717, 1.165) is 5.69 Å². The summed E-state index contributed by atoms with van der Waals surface area (Å²) in [6.45, 7) is 0.931. The van der Waals surface area contributed by atoms with E-state index < -0.39 is 0 Å². The van der Waals surface area contributed by atoms with Gasteiger partial charge < -0.3 is 9.64 Å². The van der Waals surface area contributed by atoms with E-state index in [2.05, 4.69) is 22.0 Å². The molecule has 0 amide bonds. The number of hydrogen-bond acceptors (Lipinski definition) is 4. The number of carbonyl (C=O) groups is 1. The molecule has 2 rings (SSSR count). The van der Waals surface area contributed by atoms with Gasteiger partial charge in [-0.25, -0.2) is 0 Å². The van der Waals surface area contributed by atoms with Crippen LogP contribution in [0.25, 0.3) is 0 Å². The number of methoxy groups -OCH3 is 1. The number of hydrogen-bond donors (Lipinski definition) is 0. The van der Waals surface area contributed by atoms with Gasteiger partial charge in [0.25, 0.3) is 0 Å². The first-order valence-electron chi connectivity index (χ1n) is 6.03. The zero-order chi connectivity index (χ0) is 13.7. The Morgan fingerprint density at radius 3 is 2.79 bits per heavy atom. The smallest absolute Gasteiger partial charge is 0.325 e. The largest absolute Gasteiger partial charge is 0.468 e. The Labute approximate surface area is 112 Å². The fourth-order valence-corrected chi connectivity index (χ4v) is 1.76. The van der Waals surface area contributed by atoms with Crippen molar-refractivity contribution in [3.05, 3.63) is 48.3 Å². The molecule has 5 nitrogen and oxygen atoms in total. The first-order chi connectivity index (χ1) is 9.19. The van der Waals surface area contributed by atoms with Crippen LogP contribution < -0.4 is 4.90 Å². The predicted octanol–water partition coefficient (Wildman–Crippen LogP) is 1.54. The van der Waals surface area contributed by atoms with Gasteiger partial charge in [-0.2, -0.15) is 5.10 Å². The SMILES string of the molecule is COC(=O)CN(C)c1cnn(Cc2ccccc2)c1. The van der Waals surface area contributed by atoms with Crippen molar-refractivity contribution in [2.75, 3.05) is 25.6 Å². The number of likely N-dealkylation sites (N-methyl/N-ethyl adjacent to an activating group) is 1. The van der Waals surface area contributed by atoms with Gasteiger partial charge in [0.2, 0.25) is 0 Å². The molecule has 0 N–H and O–H groups in total. The molecule has 0 saturated heterocycles. The fraction of sp³-hybridized carbons (Fsp3) is 0.286. The van der Waals surface area contributed by atoms with Crippen LogP contribution in [0.1, 0.15) is 5.56 Å². The lowest BCUT2D eigenvalue weighted by atomic mass is 10.2. The summed E-state index contributed by atoms with van der Waals surface area (Å²) in [7, 11) is 3.22. The molecule has 1 heterocycles. The summed E-state index contributed by atoms with van der Waals surface area (Å²) < 4.78 is 6.48. The molecule has 19 heavy (non-hydrogen) atoms. The third-order valence-electron chi connectivity index (χ3n) is 2.84. The molecule has 100 valence electrons. The number of ether oxygens (including phenoxy) is 1. The van der Waals surface area contributed by atoms with Gasteiger partial charge in [0.15, 0.2) is 0 Å². The molecule has 0 saturated carbocycles. The van der Waals surface area contributed by atoms with Crippen molar-refractivity contribution >= 4 is 11.7 Å². The number of carbonyl (C=O) groups excluding carboxylic acids is 1. The molecule has 0 spiro atoms. The summed E-state index contributed by atoms with van der Waals surface area (Å²) in [4.78, 5) is 13.0. The molecule has 1 aromatic heterocycles. The van der Waals surface area contributed by atoms with Crippen molar-refractivity contribution in [2.45, 2.75) is 6.54 Å². The van der Waals surface area contributed by atoms with Gasteiger partial charge in [-0.3, -0.25) is 9.48 Å². The van der Waals surface area contributed by atoms with E-state index >= 15 is 0 Å². The van der Waals surface area contributed by atoms with E-state index in [9.17, 15) is 4.79 Å². The molecule has 0 aliphatic rings. The summed E-state index contributed by atoms with van der Waals surface area (Å²) >= 11 is 0. The molecular weight excluding hydrogens is 242 g/mol. The Morgan fingerprint density at radius 1 is 1.37 bits per heavy atom. The maximum absolute atomic E-state index is 11.2. The number of anilines is 1. The monoisotopic (exact) mass is 259 g/mol. The van der Waals surface area contributed by atoms with Crippen LogP contribution in [0.3, 0.4) is 0 Å². The van der Waals surface area contributed by atoms with Crippen LogP contribution in [0.5, 0.6) is 0 Å². The minimum absolute atomic E-state index is 0.216. The van der Waals surface area contributed by atoms with E-state index in [4.69, 9.17) is 0 Å². The van der Waals surface area contributed by atoms with Crippen LogP contribution in [0, 0.1) is 0 Å². The van der Waals surface area contributed by atoms with Gasteiger partial charge in [-0.1, -0.05) is 30.3 Å². The van der Waals surface area contributed by atoms with Gasteiger partial charge in [0, 0.05) is 13.2 Å². The molecule has 2 aromatic rings. The zero-order valence-electron chi connectivity index (χ0n) is 11.1. The third-order valence-corrected chi connectivity index (χ3v) is 2.84. The molecule has 5 heteroatoms. The predicted molar refractivity (Wildman–Crippen MR) is 73.1 cm³/mol. The molecule has 0 unspecified atom stereocenters. The Morgan fingerprint density at radius 2 is 2.11 bits per heavy atom. The highest BCUT2D eigenvalue weighted by Crippen LogP contribution is 2.12. The van der Waals surface area contributed by atoms with Crippen LogP contribution in [-0.2, 0) is 16.1 Å². The second-order valence-corrected chi connectivity index (χ2v) is 4.31. The number of esters is 1. The quantitative estimate of drug-likeness (QED) is 0.764. The number of aromatic nitrogens is 2. The number of rotatable bonds is 5. The van der Waals surface area contributed by atoms with Gasteiger partial charge in [0.05, 0.1) is 25.5 Å². The lowest BCUT2D eigenvalue weighted by Gasteiger charge is -2.14. The number of benzene rings is 1. The number of nitrogens with zero attached hydrogens (tertiary/aromatic N) is 3. The average Bonchev–Trinajstić information content (AvgIpc) is 2.88. The van der Waals surface area contributed by atoms with Crippen molar-refractivity contribution in [3.63, 3.8) is 0 Å². The Hall–Kier alpha value is -2.30. The highest BCUT2D eigenvalue weighted by Gasteiger charge is 2.09. The molecule has 0 atom stereocenters. The lowest BCUT2D eigenvalue weighted by molar-refractivity contribution is -0.138. The minimum Gasteiger partial charge on any atom is -0.468 e. The second-order valence-electron chi connectivity index (χ2n) is 4.31. The maximum Gasteiger partial charge on any atom is 0.325 e. The van der Waals surface area contributed by atoms with Crippen LogP contribution in [-0.4, -0.2) is 36.5 Å². The minimum atomic E-state index is -0.265. The Bertz CT molecular complexity index is 537. The summed E-state index contributed by atoms with van der Waals surface area (Å²) in [5.74, 6) is -0.265. The maximum atomic E-state index is 11.2. The van der Waals surface area contributed by atoms with Gasteiger partial charge in [-0.05, 0) is 5.56 Å². The van der Waals surface area contributed by atoms with Crippen molar-refractivity contribution in [2.24, 2.45) is 0 Å². The highest BCUT2D eigenvalue weighted by molar-refractivity contribution is 5.75. The van der Waals surface area contributed by atoms with Crippen molar-refractivity contribution in [3.8, 4) is 0 Å². The first kappa shape index (κ1) is 13.1. The van der Waals surface area contributed by atoms with Crippen LogP contribution in [0.15, 0.2) is 42.7 Å². The summed E-state index contributed by atoms with van der Waals surface area (Å²) in [5, 5.41) is 4.29. The van der Waals surface area contributed by atoms with Crippen molar-refractivity contribution < 1.29 is 9.53 Å². The topological polar surface area (TPSA) is 47.4 Å². The van der Waals surface area contributed by atoms with E-state index in [1.54, 1.807) is 11.1 Å². The van der Waals surface area contributed by atoms with Gasteiger partial charge in [-0.15, -0.1) is 0 Å². The van der Waals surface area contributed by atoms with E-state index in [1.807, 2.05) is 36.1 Å². The molecule has 1 aromatic carbocycles. The molecule has 0 aliphatic carbocycles. The third kappa shape index (κ3) is 3.58. The summed E-state index contributed by atoms with van der Waals surface area (Å²) in [6.07, 6.45) is 3.65. The van der Waals surface area contributed by atoms with Crippen LogP contribution >= 0.6 is 0 Å². The van der Waals surface area contributed by atoms with Crippen molar-refractivity contribution in [1.29, 1.82) is 0 Å². The molecular formula is C14H17N3O2. The Kier molecular flexibility index (Phi) is 4.18. The zero-order valence-corrected chi connectivity index (χ0v) is 11.1.